The van der Waals surface area contributed by atoms with Gasteiger partial charge in [0, 0.05) is 6.42 Å². The molecule has 0 spiro atoms. The van der Waals surface area contributed by atoms with Gasteiger partial charge >= 0.3 is 5.97 Å². The van der Waals surface area contributed by atoms with E-state index in [0.717, 1.165) is 38.9 Å². The Kier molecular flexibility index (Phi) is 10.3. The van der Waals surface area contributed by atoms with Crippen LogP contribution in [0.2, 0.25) is 0 Å². The molecule has 0 heterocycles. The molecule has 266 valence electrons. The van der Waals surface area contributed by atoms with Crippen molar-refractivity contribution in [2.24, 2.45) is 5.73 Å². The zero-order chi connectivity index (χ0) is 37.4. The molecule has 0 aliphatic rings. The maximum Gasteiger partial charge on any atom is 0.325 e. The van der Waals surface area contributed by atoms with Crippen LogP contribution in [0.4, 0.5) is 0 Å². The molecular weight excluding hydrogens is 665 g/mol. The topological polar surface area (TPSA) is 83.6 Å². The number of aliphatic carboxylic acids is 1. The van der Waals surface area contributed by atoms with Gasteiger partial charge < -0.3 is 10.8 Å². The molecule has 7 aromatic rings. The normalized spacial score (nSPS) is 12.8. The fraction of sp³-hybridized carbons (Fsp3) is 0.102. The van der Waals surface area contributed by atoms with E-state index in [0.29, 0.717) is 0 Å². The summed E-state index contributed by atoms with van der Waals surface area (Å²) in [5.74, 6) is -1.91. The number of hydrogen-bond donors (Lipinski definition) is 2. The quantitative estimate of drug-likeness (QED) is 0.111. The van der Waals surface area contributed by atoms with Crippen LogP contribution >= 0.6 is 0 Å². The minimum absolute atomic E-state index is 0.0470. The number of hydrogen-bond acceptors (Lipinski definition) is 3. The standard InChI is InChI=1S/C49H42N2O3/c50-45(52)37-47(46(53)54,36-38-22-8-1-9-23-38)51(48(39-24-10-2-11-25-39,40-26-12-3-13-27-40)41-28-14-4-15-29-41)49(42-30-16-5-17-31-42,43-32-18-6-19-33-43)44-34-20-7-21-35-44/h1-35H,36-37H2,(H2,50,52)(H,53,54)/t47-/m0/s1. The van der Waals surface area contributed by atoms with E-state index in [4.69, 9.17) is 5.73 Å². The fourth-order valence-electron chi connectivity index (χ4n) is 8.43. The Balaban J connectivity index is 1.84. The monoisotopic (exact) mass is 706 g/mol. The Morgan fingerprint density at radius 3 is 0.889 bits per heavy atom. The average Bonchev–Trinajstić information content (AvgIpc) is 3.23. The Morgan fingerprint density at radius 2 is 0.667 bits per heavy atom. The largest absolute Gasteiger partial charge is 0.480 e. The Hall–Kier alpha value is -6.56. The van der Waals surface area contributed by atoms with Crippen molar-refractivity contribution < 1.29 is 14.7 Å². The van der Waals surface area contributed by atoms with Gasteiger partial charge in [0.15, 0.2) is 0 Å². The van der Waals surface area contributed by atoms with E-state index in [2.05, 4.69) is 77.7 Å². The summed E-state index contributed by atoms with van der Waals surface area (Å²) in [4.78, 5) is 31.0. The number of carbonyl (C=O) groups is 2. The summed E-state index contributed by atoms with van der Waals surface area (Å²) >= 11 is 0. The van der Waals surface area contributed by atoms with Crippen molar-refractivity contribution in [3.8, 4) is 0 Å². The van der Waals surface area contributed by atoms with E-state index >= 15 is 4.79 Å². The SMILES string of the molecule is NC(=O)C[C@@](Cc1ccccc1)(C(=O)O)N(C(c1ccccc1)(c1ccccc1)c1ccccc1)C(c1ccccc1)(c1ccccc1)c1ccccc1. The number of carboxylic acid groups (broad SMARTS) is 1. The second-order valence-electron chi connectivity index (χ2n) is 13.6. The predicted molar refractivity (Wildman–Crippen MR) is 215 cm³/mol. The molecule has 0 saturated heterocycles. The van der Waals surface area contributed by atoms with E-state index in [-0.39, 0.29) is 6.42 Å². The van der Waals surface area contributed by atoms with E-state index < -0.39 is 34.9 Å². The smallest absolute Gasteiger partial charge is 0.325 e. The molecule has 0 unspecified atom stereocenters. The summed E-state index contributed by atoms with van der Waals surface area (Å²) in [6, 6.07) is 69.8. The highest BCUT2D eigenvalue weighted by atomic mass is 16.4. The molecule has 0 aliphatic heterocycles. The summed E-state index contributed by atoms with van der Waals surface area (Å²) in [6.07, 6.45) is -0.547. The van der Waals surface area contributed by atoms with Gasteiger partial charge in [0.2, 0.25) is 5.91 Å². The second kappa shape index (κ2) is 15.6. The Bertz CT molecular complexity index is 1950. The Morgan fingerprint density at radius 1 is 0.426 bits per heavy atom. The highest BCUT2D eigenvalue weighted by molar-refractivity contribution is 5.88. The maximum atomic E-state index is 15.0. The number of carbonyl (C=O) groups excluding carboxylic acids is 1. The molecule has 54 heavy (non-hydrogen) atoms. The van der Waals surface area contributed by atoms with Gasteiger partial charge in [-0.1, -0.05) is 212 Å². The van der Waals surface area contributed by atoms with Crippen molar-refractivity contribution in [1.82, 2.24) is 4.90 Å². The first kappa shape index (κ1) is 35.8. The van der Waals surface area contributed by atoms with Crippen LogP contribution in [-0.4, -0.2) is 27.4 Å². The molecule has 0 aliphatic carbocycles. The highest BCUT2D eigenvalue weighted by Gasteiger charge is 2.64. The molecular formula is C49H42N2O3. The molecule has 0 fully saturated rings. The number of benzene rings is 7. The summed E-state index contributed by atoms with van der Waals surface area (Å²) in [7, 11) is 0. The molecule has 7 rings (SSSR count). The zero-order valence-corrected chi connectivity index (χ0v) is 29.9. The van der Waals surface area contributed by atoms with Crippen LogP contribution in [0, 0.1) is 0 Å². The maximum absolute atomic E-state index is 15.0. The van der Waals surface area contributed by atoms with Gasteiger partial charge in [0.25, 0.3) is 0 Å². The molecule has 0 bridgehead atoms. The number of primary amides is 1. The number of nitrogens with two attached hydrogens (primary N) is 1. The van der Waals surface area contributed by atoms with Crippen molar-refractivity contribution in [2.75, 3.05) is 0 Å². The first-order valence-corrected chi connectivity index (χ1v) is 18.1. The van der Waals surface area contributed by atoms with Gasteiger partial charge in [0.05, 0.1) is 17.5 Å². The number of carboxylic acids is 1. The van der Waals surface area contributed by atoms with E-state index in [1.807, 2.05) is 140 Å². The van der Waals surface area contributed by atoms with Crippen molar-refractivity contribution in [2.45, 2.75) is 29.5 Å². The minimum atomic E-state index is -1.99. The Labute approximate surface area is 317 Å². The lowest BCUT2D eigenvalue weighted by Crippen LogP contribution is -2.72. The number of nitrogens with zero attached hydrogens (tertiary/aromatic N) is 1. The first-order chi connectivity index (χ1) is 26.4. The van der Waals surface area contributed by atoms with Crippen molar-refractivity contribution >= 4 is 11.9 Å². The van der Waals surface area contributed by atoms with Crippen LogP contribution in [-0.2, 0) is 27.1 Å². The second-order valence-corrected chi connectivity index (χ2v) is 13.6. The minimum Gasteiger partial charge on any atom is -0.480 e. The lowest BCUT2D eigenvalue weighted by Gasteiger charge is -2.62. The van der Waals surface area contributed by atoms with Gasteiger partial charge in [-0.15, -0.1) is 0 Å². The fourth-order valence-corrected chi connectivity index (χ4v) is 8.43. The van der Waals surface area contributed by atoms with Crippen molar-refractivity contribution in [3.05, 3.63) is 251 Å². The summed E-state index contributed by atoms with van der Waals surface area (Å²) in [5, 5.41) is 12.3. The third-order valence-electron chi connectivity index (χ3n) is 10.5. The average molecular weight is 707 g/mol. The highest BCUT2D eigenvalue weighted by Crippen LogP contribution is 2.58. The van der Waals surface area contributed by atoms with Crippen LogP contribution in [0.25, 0.3) is 0 Å². The number of amides is 1. The number of rotatable bonds is 14. The molecule has 7 aromatic carbocycles. The lowest BCUT2D eigenvalue weighted by molar-refractivity contribution is -0.165. The van der Waals surface area contributed by atoms with Gasteiger partial charge in [-0.25, -0.2) is 0 Å². The van der Waals surface area contributed by atoms with Gasteiger partial charge in [0.1, 0.15) is 5.54 Å². The van der Waals surface area contributed by atoms with Gasteiger partial charge in [-0.3, -0.25) is 14.5 Å². The van der Waals surface area contributed by atoms with Crippen LogP contribution in [0.5, 0.6) is 0 Å². The van der Waals surface area contributed by atoms with Crippen LogP contribution in [0.15, 0.2) is 212 Å². The third kappa shape index (κ3) is 6.29. The van der Waals surface area contributed by atoms with E-state index in [9.17, 15) is 9.90 Å². The van der Waals surface area contributed by atoms with E-state index in [1.165, 1.54) is 0 Å². The van der Waals surface area contributed by atoms with Crippen molar-refractivity contribution in [1.29, 1.82) is 0 Å². The summed E-state index contributed by atoms with van der Waals surface area (Å²) < 4.78 is 0. The third-order valence-corrected chi connectivity index (χ3v) is 10.5. The first-order valence-electron chi connectivity index (χ1n) is 18.1. The van der Waals surface area contributed by atoms with E-state index in [1.54, 1.807) is 0 Å². The molecule has 1 atom stereocenters. The zero-order valence-electron chi connectivity index (χ0n) is 29.9. The molecule has 0 radical (unpaired) electrons. The van der Waals surface area contributed by atoms with Crippen LogP contribution in [0.1, 0.15) is 45.4 Å². The molecule has 5 nitrogen and oxygen atoms in total. The molecule has 1 amide bonds. The van der Waals surface area contributed by atoms with Gasteiger partial charge in [-0.05, 0) is 38.9 Å². The summed E-state index contributed by atoms with van der Waals surface area (Å²) in [5.41, 5.74) is 7.20. The molecule has 5 heteroatoms. The molecule has 3 N–H and O–H groups in total. The lowest BCUT2D eigenvalue weighted by atomic mass is 9.63. The molecule has 0 saturated carbocycles. The summed E-state index contributed by atoms with van der Waals surface area (Å²) in [6.45, 7) is 0. The predicted octanol–water partition coefficient (Wildman–Crippen LogP) is 9.21. The van der Waals surface area contributed by atoms with Crippen molar-refractivity contribution in [3.63, 3.8) is 0 Å². The van der Waals surface area contributed by atoms with Gasteiger partial charge in [-0.2, -0.15) is 0 Å². The molecule has 0 aromatic heterocycles. The van der Waals surface area contributed by atoms with Crippen LogP contribution in [0.3, 0.4) is 0 Å². The van der Waals surface area contributed by atoms with Crippen LogP contribution < -0.4 is 5.73 Å².